The fourth-order valence-electron chi connectivity index (χ4n) is 4.78. The Morgan fingerprint density at radius 1 is 1.03 bits per heavy atom. The first-order chi connectivity index (χ1) is 15.0. The minimum atomic E-state index is -0.0658. The first kappa shape index (κ1) is 21.6. The average Bonchev–Trinajstić information content (AvgIpc) is 3.43. The van der Waals surface area contributed by atoms with Crippen LogP contribution in [0.1, 0.15) is 49.9 Å². The topological polar surface area (TPSA) is 70.5 Å². The molecule has 7 nitrogen and oxygen atoms in total. The molecule has 1 aromatic carbocycles. The number of likely N-dealkylation sites (tertiary alicyclic amines) is 2. The second kappa shape index (κ2) is 9.64. The number of para-hydroxylation sites is 1. The van der Waals surface area contributed by atoms with Crippen LogP contribution in [-0.4, -0.2) is 63.6 Å². The normalized spacial score (nSPS) is 19.5. The molecule has 0 spiro atoms. The number of amides is 2. The number of carbonyl (C=O) groups is 2. The van der Waals surface area contributed by atoms with Crippen LogP contribution in [0, 0.1) is 13.8 Å². The Labute approximate surface area is 184 Å². The molecule has 2 saturated heterocycles. The van der Waals surface area contributed by atoms with Crippen molar-refractivity contribution in [3.8, 4) is 5.69 Å². The molecule has 3 heterocycles. The van der Waals surface area contributed by atoms with E-state index in [1.807, 2.05) is 53.8 Å². The zero-order valence-electron chi connectivity index (χ0n) is 18.6. The summed E-state index contributed by atoms with van der Waals surface area (Å²) < 4.78 is 1.86. The first-order valence-corrected chi connectivity index (χ1v) is 11.5. The highest BCUT2D eigenvalue weighted by atomic mass is 16.2. The lowest BCUT2D eigenvalue weighted by Gasteiger charge is -2.36. The van der Waals surface area contributed by atoms with Gasteiger partial charge in [0.2, 0.25) is 11.8 Å². The lowest BCUT2D eigenvalue weighted by molar-refractivity contribution is -0.137. The van der Waals surface area contributed by atoms with Crippen molar-refractivity contribution in [2.45, 2.75) is 58.4 Å². The number of rotatable bonds is 6. The van der Waals surface area contributed by atoms with Crippen molar-refractivity contribution >= 4 is 17.5 Å². The Balaban J connectivity index is 1.37. The fourth-order valence-corrected chi connectivity index (χ4v) is 4.78. The summed E-state index contributed by atoms with van der Waals surface area (Å²) in [6, 6.07) is 9.85. The summed E-state index contributed by atoms with van der Waals surface area (Å²) in [5, 5.41) is 7.67. The molecule has 31 heavy (non-hydrogen) atoms. The van der Waals surface area contributed by atoms with Gasteiger partial charge in [0, 0.05) is 26.1 Å². The van der Waals surface area contributed by atoms with Crippen LogP contribution in [0.4, 0.5) is 5.69 Å². The second-order valence-corrected chi connectivity index (χ2v) is 8.67. The summed E-state index contributed by atoms with van der Waals surface area (Å²) in [5.74, 6) is 0.227. The molecule has 2 aliphatic heterocycles. The molecule has 1 aromatic heterocycles. The second-order valence-electron chi connectivity index (χ2n) is 8.67. The van der Waals surface area contributed by atoms with Crippen LogP contribution in [0.15, 0.2) is 30.3 Å². The van der Waals surface area contributed by atoms with Gasteiger partial charge in [-0.05, 0) is 58.2 Å². The van der Waals surface area contributed by atoms with E-state index in [0.717, 1.165) is 74.5 Å². The third-order valence-electron chi connectivity index (χ3n) is 6.50. The first-order valence-electron chi connectivity index (χ1n) is 11.5. The smallest absolute Gasteiger partial charge is 0.239 e. The Morgan fingerprint density at radius 3 is 2.48 bits per heavy atom. The van der Waals surface area contributed by atoms with Gasteiger partial charge in [-0.2, -0.15) is 5.10 Å². The third-order valence-corrected chi connectivity index (χ3v) is 6.50. The third kappa shape index (κ3) is 4.82. The molecule has 2 amide bonds. The minimum Gasteiger partial charge on any atom is -0.341 e. The van der Waals surface area contributed by atoms with Gasteiger partial charge in [-0.1, -0.05) is 24.6 Å². The largest absolute Gasteiger partial charge is 0.341 e. The van der Waals surface area contributed by atoms with Crippen LogP contribution < -0.4 is 5.32 Å². The van der Waals surface area contributed by atoms with Crippen molar-refractivity contribution in [2.24, 2.45) is 0 Å². The molecular weight excluding hydrogens is 390 g/mol. The van der Waals surface area contributed by atoms with Crippen molar-refractivity contribution < 1.29 is 9.59 Å². The molecular formula is C24H33N5O2. The number of anilines is 1. The predicted octanol–water partition coefficient (Wildman–Crippen LogP) is 3.29. The monoisotopic (exact) mass is 423 g/mol. The Hall–Kier alpha value is -2.67. The van der Waals surface area contributed by atoms with Crippen LogP contribution in [0.2, 0.25) is 0 Å². The summed E-state index contributed by atoms with van der Waals surface area (Å²) in [4.78, 5) is 29.9. The lowest BCUT2D eigenvalue weighted by Crippen LogP contribution is -2.50. The molecule has 166 valence electrons. The lowest BCUT2D eigenvalue weighted by atomic mass is 10.0. The number of carbonyl (C=O) groups excluding carboxylic acids is 2. The predicted molar refractivity (Wildman–Crippen MR) is 121 cm³/mol. The van der Waals surface area contributed by atoms with E-state index in [0.29, 0.717) is 13.0 Å². The minimum absolute atomic E-state index is 0.0308. The summed E-state index contributed by atoms with van der Waals surface area (Å²) in [6.07, 6.45) is 5.67. The van der Waals surface area contributed by atoms with Gasteiger partial charge in [-0.25, -0.2) is 4.68 Å². The average molecular weight is 424 g/mol. The number of nitrogens with one attached hydrogen (secondary N) is 1. The van der Waals surface area contributed by atoms with Crippen LogP contribution in [0.25, 0.3) is 5.69 Å². The highest BCUT2D eigenvalue weighted by molar-refractivity contribution is 5.92. The molecule has 2 aliphatic rings. The van der Waals surface area contributed by atoms with Crippen LogP contribution >= 0.6 is 0 Å². The van der Waals surface area contributed by atoms with Crippen LogP contribution in [0.3, 0.4) is 0 Å². The maximum Gasteiger partial charge on any atom is 0.239 e. The molecule has 0 saturated carbocycles. The highest BCUT2D eigenvalue weighted by Gasteiger charge is 2.33. The SMILES string of the molecule is Cc1nn(-c2ccccc2)c(C)c1NC(=O)CCN1CCCCC1C(=O)N1CCCC1. The van der Waals surface area contributed by atoms with Gasteiger partial charge in [-0.15, -0.1) is 0 Å². The maximum atomic E-state index is 12.9. The maximum absolute atomic E-state index is 12.9. The van der Waals surface area contributed by atoms with E-state index in [-0.39, 0.29) is 17.9 Å². The van der Waals surface area contributed by atoms with Gasteiger partial charge in [0.25, 0.3) is 0 Å². The number of hydrogen-bond acceptors (Lipinski definition) is 4. The van der Waals surface area contributed by atoms with E-state index in [9.17, 15) is 9.59 Å². The van der Waals surface area contributed by atoms with E-state index in [1.165, 1.54) is 0 Å². The van der Waals surface area contributed by atoms with Gasteiger partial charge in [0.15, 0.2) is 0 Å². The Kier molecular flexibility index (Phi) is 6.70. The number of piperidine rings is 1. The molecule has 0 bridgehead atoms. The van der Waals surface area contributed by atoms with E-state index >= 15 is 0 Å². The van der Waals surface area contributed by atoms with Crippen molar-refractivity contribution in [3.63, 3.8) is 0 Å². The molecule has 7 heteroatoms. The number of aryl methyl sites for hydroxylation is 1. The van der Waals surface area contributed by atoms with Crippen molar-refractivity contribution in [3.05, 3.63) is 41.7 Å². The van der Waals surface area contributed by atoms with Crippen LogP contribution in [0.5, 0.6) is 0 Å². The number of hydrogen-bond donors (Lipinski definition) is 1. The van der Waals surface area contributed by atoms with Crippen molar-refractivity contribution in [2.75, 3.05) is 31.5 Å². The molecule has 0 aliphatic carbocycles. The van der Waals surface area contributed by atoms with Gasteiger partial charge >= 0.3 is 0 Å². The molecule has 0 radical (unpaired) electrons. The summed E-state index contributed by atoms with van der Waals surface area (Å²) >= 11 is 0. The number of nitrogens with zero attached hydrogens (tertiary/aromatic N) is 4. The van der Waals surface area contributed by atoms with Crippen molar-refractivity contribution in [1.29, 1.82) is 0 Å². The van der Waals surface area contributed by atoms with E-state index in [2.05, 4.69) is 15.3 Å². The van der Waals surface area contributed by atoms with Gasteiger partial charge in [0.05, 0.1) is 28.8 Å². The molecule has 2 fully saturated rings. The van der Waals surface area contributed by atoms with Crippen molar-refractivity contribution in [1.82, 2.24) is 19.6 Å². The summed E-state index contributed by atoms with van der Waals surface area (Å²) in [6.45, 7) is 7.15. The zero-order valence-corrected chi connectivity index (χ0v) is 18.6. The highest BCUT2D eigenvalue weighted by Crippen LogP contribution is 2.24. The van der Waals surface area contributed by atoms with Crippen LogP contribution in [-0.2, 0) is 9.59 Å². The van der Waals surface area contributed by atoms with Gasteiger partial charge in [-0.3, -0.25) is 14.5 Å². The van der Waals surface area contributed by atoms with Gasteiger partial charge < -0.3 is 10.2 Å². The fraction of sp³-hybridized carbons (Fsp3) is 0.542. The Bertz CT molecular complexity index is 918. The van der Waals surface area contributed by atoms with E-state index in [4.69, 9.17) is 0 Å². The van der Waals surface area contributed by atoms with E-state index in [1.54, 1.807) is 0 Å². The standard InChI is InChI=1S/C24H33N5O2/c1-18-23(19(2)29(26-18)20-10-4-3-5-11-20)25-22(30)13-17-27-14-7-6-12-21(27)24(31)28-15-8-9-16-28/h3-5,10-11,21H,6-9,12-17H2,1-2H3,(H,25,30). The quantitative estimate of drug-likeness (QED) is 0.774. The molecule has 1 unspecified atom stereocenters. The zero-order chi connectivity index (χ0) is 21.8. The number of aromatic nitrogens is 2. The van der Waals surface area contributed by atoms with E-state index < -0.39 is 0 Å². The molecule has 2 aromatic rings. The number of benzene rings is 1. The summed E-state index contributed by atoms with van der Waals surface area (Å²) in [5.41, 5.74) is 3.46. The summed E-state index contributed by atoms with van der Waals surface area (Å²) in [7, 11) is 0. The molecule has 1 atom stereocenters. The Morgan fingerprint density at radius 2 is 1.74 bits per heavy atom. The molecule has 4 rings (SSSR count). The van der Waals surface area contributed by atoms with Gasteiger partial charge in [0.1, 0.15) is 0 Å². The molecule has 1 N–H and O–H groups in total.